The summed E-state index contributed by atoms with van der Waals surface area (Å²) in [5.41, 5.74) is 2.71. The summed E-state index contributed by atoms with van der Waals surface area (Å²) in [5.74, 6) is 1.81. The molecule has 0 radical (unpaired) electrons. The molecule has 3 rings (SSSR count). The molecule has 0 aromatic carbocycles. The van der Waals surface area contributed by atoms with Gasteiger partial charge in [0.15, 0.2) is 0 Å². The van der Waals surface area contributed by atoms with E-state index in [0.29, 0.717) is 5.92 Å². The topological polar surface area (TPSA) is 28.7 Å². The number of fused-ring (bicyclic) bond motifs is 1. The molecule has 0 amide bonds. The molecule has 2 aliphatic rings. The van der Waals surface area contributed by atoms with Crippen LogP contribution in [0.4, 0.5) is 0 Å². The number of rotatable bonds is 1. The Kier molecular flexibility index (Phi) is 3.28. The number of nitrogens with zero attached hydrogens (tertiary/aromatic N) is 1. The number of hydrogen-bond donors (Lipinski definition) is 1. The Labute approximate surface area is 108 Å². The van der Waals surface area contributed by atoms with Crippen molar-refractivity contribution in [3.05, 3.63) is 21.7 Å². The summed E-state index contributed by atoms with van der Waals surface area (Å²) in [4.78, 5) is 8.27. The summed E-state index contributed by atoms with van der Waals surface area (Å²) in [7, 11) is 0. The van der Waals surface area contributed by atoms with Crippen molar-refractivity contribution in [2.75, 3.05) is 0 Å². The third-order valence-electron chi connectivity index (χ3n) is 4.22. The SMILES string of the molecule is S=c1nc(C2CCCCC2)[nH]c2c1CCCC2. The molecule has 1 heterocycles. The minimum absolute atomic E-state index is 0.637. The molecule has 3 heteroatoms. The molecule has 0 bridgehead atoms. The zero-order valence-corrected chi connectivity index (χ0v) is 11.1. The average Bonchev–Trinajstić information content (AvgIpc) is 2.40. The summed E-state index contributed by atoms with van der Waals surface area (Å²) in [6.07, 6.45) is 11.5. The Morgan fingerprint density at radius 2 is 1.76 bits per heavy atom. The third kappa shape index (κ3) is 2.30. The summed E-state index contributed by atoms with van der Waals surface area (Å²) in [6, 6.07) is 0. The molecular formula is C14H20N2S. The fourth-order valence-corrected chi connectivity index (χ4v) is 3.53. The van der Waals surface area contributed by atoms with Gasteiger partial charge in [-0.2, -0.15) is 0 Å². The van der Waals surface area contributed by atoms with Gasteiger partial charge in [-0.3, -0.25) is 0 Å². The molecule has 2 aliphatic carbocycles. The Morgan fingerprint density at radius 3 is 2.59 bits per heavy atom. The van der Waals surface area contributed by atoms with E-state index in [9.17, 15) is 0 Å². The van der Waals surface area contributed by atoms with Crippen molar-refractivity contribution in [2.24, 2.45) is 0 Å². The number of hydrogen-bond acceptors (Lipinski definition) is 2. The second kappa shape index (κ2) is 4.89. The lowest BCUT2D eigenvalue weighted by Crippen LogP contribution is -2.14. The van der Waals surface area contributed by atoms with Crippen LogP contribution in [0.15, 0.2) is 0 Å². The van der Waals surface area contributed by atoms with Gasteiger partial charge in [0.1, 0.15) is 10.5 Å². The molecule has 2 nitrogen and oxygen atoms in total. The maximum Gasteiger partial charge on any atom is 0.133 e. The van der Waals surface area contributed by atoms with E-state index in [1.807, 2.05) is 0 Å². The molecule has 1 aromatic rings. The molecule has 0 saturated heterocycles. The standard InChI is InChI=1S/C14H20N2S/c17-14-11-8-4-5-9-12(11)15-13(16-14)10-6-2-1-3-7-10/h10H,1-9H2,(H,15,16,17). The van der Waals surface area contributed by atoms with Crippen molar-refractivity contribution >= 4 is 12.2 Å². The number of H-pyrrole nitrogens is 1. The van der Waals surface area contributed by atoms with Gasteiger partial charge in [0, 0.05) is 17.2 Å². The van der Waals surface area contributed by atoms with Gasteiger partial charge in [0.25, 0.3) is 0 Å². The highest BCUT2D eigenvalue weighted by Gasteiger charge is 2.20. The van der Waals surface area contributed by atoms with E-state index < -0.39 is 0 Å². The van der Waals surface area contributed by atoms with Crippen molar-refractivity contribution in [1.29, 1.82) is 0 Å². The molecule has 1 fully saturated rings. The van der Waals surface area contributed by atoms with E-state index >= 15 is 0 Å². The third-order valence-corrected chi connectivity index (χ3v) is 4.56. The number of aromatic nitrogens is 2. The number of aromatic amines is 1. The summed E-state index contributed by atoms with van der Waals surface area (Å²) in [6.45, 7) is 0. The first kappa shape index (κ1) is 11.4. The highest BCUT2D eigenvalue weighted by molar-refractivity contribution is 7.71. The van der Waals surface area contributed by atoms with Crippen LogP contribution in [0.3, 0.4) is 0 Å². The van der Waals surface area contributed by atoms with Crippen LogP contribution in [0.2, 0.25) is 0 Å². The number of nitrogens with one attached hydrogen (secondary N) is 1. The minimum Gasteiger partial charge on any atom is -0.347 e. The Hall–Kier alpha value is -0.700. The van der Waals surface area contributed by atoms with Gasteiger partial charge >= 0.3 is 0 Å². The van der Waals surface area contributed by atoms with Crippen molar-refractivity contribution in [3.63, 3.8) is 0 Å². The molecule has 1 N–H and O–H groups in total. The van der Waals surface area contributed by atoms with Crippen LogP contribution >= 0.6 is 12.2 Å². The lowest BCUT2D eigenvalue weighted by Gasteiger charge is -2.23. The first-order valence-electron chi connectivity index (χ1n) is 6.96. The highest BCUT2D eigenvalue weighted by Crippen LogP contribution is 2.31. The molecule has 0 unspecified atom stereocenters. The molecule has 0 spiro atoms. The zero-order chi connectivity index (χ0) is 11.7. The van der Waals surface area contributed by atoms with Crippen LogP contribution in [0, 0.1) is 4.64 Å². The highest BCUT2D eigenvalue weighted by atomic mass is 32.1. The van der Waals surface area contributed by atoms with Crippen molar-refractivity contribution in [3.8, 4) is 0 Å². The van der Waals surface area contributed by atoms with E-state index in [0.717, 1.165) is 11.1 Å². The van der Waals surface area contributed by atoms with Crippen molar-refractivity contribution in [1.82, 2.24) is 9.97 Å². The first-order valence-corrected chi connectivity index (χ1v) is 7.37. The van der Waals surface area contributed by atoms with Crippen LogP contribution in [0.1, 0.15) is 67.9 Å². The minimum atomic E-state index is 0.637. The smallest absolute Gasteiger partial charge is 0.133 e. The monoisotopic (exact) mass is 248 g/mol. The molecule has 92 valence electrons. The molecule has 1 aromatic heterocycles. The fraction of sp³-hybridized carbons (Fsp3) is 0.714. The molecule has 17 heavy (non-hydrogen) atoms. The van der Waals surface area contributed by atoms with Crippen LogP contribution < -0.4 is 0 Å². The van der Waals surface area contributed by atoms with E-state index in [1.165, 1.54) is 68.4 Å². The largest absolute Gasteiger partial charge is 0.347 e. The molecule has 0 atom stereocenters. The first-order chi connectivity index (χ1) is 8.34. The van der Waals surface area contributed by atoms with E-state index in [-0.39, 0.29) is 0 Å². The van der Waals surface area contributed by atoms with Gasteiger partial charge in [-0.05, 0) is 38.5 Å². The number of aryl methyl sites for hydroxylation is 1. The van der Waals surface area contributed by atoms with Gasteiger partial charge in [0.05, 0.1) is 0 Å². The predicted octanol–water partition coefficient (Wildman–Crippen LogP) is 4.07. The van der Waals surface area contributed by atoms with Gasteiger partial charge in [0.2, 0.25) is 0 Å². The summed E-state index contributed by atoms with van der Waals surface area (Å²) < 4.78 is 0.874. The fourth-order valence-electron chi connectivity index (χ4n) is 3.21. The summed E-state index contributed by atoms with van der Waals surface area (Å²) >= 11 is 5.46. The lowest BCUT2D eigenvalue weighted by molar-refractivity contribution is 0.426. The van der Waals surface area contributed by atoms with Crippen molar-refractivity contribution < 1.29 is 0 Å². The quantitative estimate of drug-likeness (QED) is 0.759. The lowest BCUT2D eigenvalue weighted by atomic mass is 9.88. The summed E-state index contributed by atoms with van der Waals surface area (Å²) in [5, 5.41) is 0. The maximum absolute atomic E-state index is 5.46. The van der Waals surface area contributed by atoms with Gasteiger partial charge in [-0.25, -0.2) is 4.98 Å². The molecular weight excluding hydrogens is 228 g/mol. The Balaban J connectivity index is 1.95. The predicted molar refractivity (Wildman–Crippen MR) is 71.9 cm³/mol. The normalized spacial score (nSPS) is 21.2. The Bertz CT molecular complexity index is 458. The second-order valence-corrected chi connectivity index (χ2v) is 5.81. The van der Waals surface area contributed by atoms with Crippen LogP contribution in [0.5, 0.6) is 0 Å². The second-order valence-electron chi connectivity index (χ2n) is 5.43. The van der Waals surface area contributed by atoms with Gasteiger partial charge < -0.3 is 4.98 Å². The zero-order valence-electron chi connectivity index (χ0n) is 10.3. The molecule has 1 saturated carbocycles. The maximum atomic E-state index is 5.46. The van der Waals surface area contributed by atoms with E-state index in [1.54, 1.807) is 0 Å². The van der Waals surface area contributed by atoms with Crippen LogP contribution in [0.25, 0.3) is 0 Å². The molecule has 0 aliphatic heterocycles. The van der Waals surface area contributed by atoms with E-state index in [4.69, 9.17) is 12.2 Å². The van der Waals surface area contributed by atoms with Crippen LogP contribution in [-0.4, -0.2) is 9.97 Å². The van der Waals surface area contributed by atoms with E-state index in [2.05, 4.69) is 9.97 Å². The van der Waals surface area contributed by atoms with Gasteiger partial charge in [-0.1, -0.05) is 31.5 Å². The average molecular weight is 248 g/mol. The van der Waals surface area contributed by atoms with Crippen molar-refractivity contribution in [2.45, 2.75) is 63.7 Å². The van der Waals surface area contributed by atoms with Gasteiger partial charge in [-0.15, -0.1) is 0 Å². The Morgan fingerprint density at radius 1 is 1.00 bits per heavy atom. The van der Waals surface area contributed by atoms with Crippen LogP contribution in [-0.2, 0) is 12.8 Å².